The molecule has 0 radical (unpaired) electrons. The molecule has 0 saturated heterocycles. The first kappa shape index (κ1) is 26.1. The molecule has 0 N–H and O–H groups in total. The van der Waals surface area contributed by atoms with Gasteiger partial charge in [-0.1, -0.05) is 140 Å². The van der Waals surface area contributed by atoms with Crippen LogP contribution in [0.1, 0.15) is 0 Å². The fraction of sp³-hybridized carbons (Fsp3) is 0. The SMILES string of the molecule is c1ccc2cc(-c3c4ccccc4c(-c4cc(-c5cccc6oc7ccccc7c56)cc5ccccc45)c4ccccc34)ccc2c1. The Morgan fingerprint density at radius 2 is 0.851 bits per heavy atom. The molecule has 0 spiro atoms. The molecule has 47 heavy (non-hydrogen) atoms. The predicted molar refractivity (Wildman–Crippen MR) is 200 cm³/mol. The van der Waals surface area contributed by atoms with Gasteiger partial charge in [0.25, 0.3) is 0 Å². The lowest BCUT2D eigenvalue weighted by Gasteiger charge is -2.20. The van der Waals surface area contributed by atoms with Crippen molar-refractivity contribution >= 4 is 65.0 Å². The van der Waals surface area contributed by atoms with Gasteiger partial charge in [0.2, 0.25) is 0 Å². The molecule has 1 heteroatoms. The number of para-hydroxylation sites is 1. The molecule has 9 aromatic carbocycles. The van der Waals surface area contributed by atoms with Gasteiger partial charge in [0.05, 0.1) is 0 Å². The molecule has 1 aromatic heterocycles. The van der Waals surface area contributed by atoms with Crippen LogP contribution < -0.4 is 0 Å². The zero-order valence-corrected chi connectivity index (χ0v) is 25.6. The Balaban J connectivity index is 1.32. The van der Waals surface area contributed by atoms with Crippen LogP contribution in [0, 0.1) is 0 Å². The molecular weight excluding hydrogens is 569 g/mol. The van der Waals surface area contributed by atoms with Gasteiger partial charge in [-0.25, -0.2) is 0 Å². The Morgan fingerprint density at radius 3 is 1.60 bits per heavy atom. The zero-order chi connectivity index (χ0) is 30.9. The molecule has 10 aromatic rings. The molecule has 218 valence electrons. The van der Waals surface area contributed by atoms with Crippen molar-refractivity contribution in [2.75, 3.05) is 0 Å². The highest BCUT2D eigenvalue weighted by Gasteiger charge is 2.20. The minimum atomic E-state index is 0.911. The summed E-state index contributed by atoms with van der Waals surface area (Å²) < 4.78 is 6.31. The Hall–Kier alpha value is -6.18. The van der Waals surface area contributed by atoms with Gasteiger partial charge in [0.15, 0.2) is 0 Å². The lowest BCUT2D eigenvalue weighted by atomic mass is 9.83. The van der Waals surface area contributed by atoms with Crippen molar-refractivity contribution in [1.29, 1.82) is 0 Å². The molecule has 0 aliphatic rings. The monoisotopic (exact) mass is 596 g/mol. The van der Waals surface area contributed by atoms with Crippen molar-refractivity contribution < 1.29 is 4.42 Å². The minimum absolute atomic E-state index is 0.911. The van der Waals surface area contributed by atoms with E-state index in [-0.39, 0.29) is 0 Å². The summed E-state index contributed by atoms with van der Waals surface area (Å²) in [4.78, 5) is 0. The number of hydrogen-bond donors (Lipinski definition) is 0. The van der Waals surface area contributed by atoms with Gasteiger partial charge in [-0.3, -0.25) is 0 Å². The third kappa shape index (κ3) is 3.97. The van der Waals surface area contributed by atoms with Crippen molar-refractivity contribution in [3.05, 3.63) is 170 Å². The maximum atomic E-state index is 6.31. The second-order valence-corrected chi connectivity index (χ2v) is 12.4. The average Bonchev–Trinajstić information content (AvgIpc) is 3.52. The summed E-state index contributed by atoms with van der Waals surface area (Å²) in [6.45, 7) is 0. The number of furan rings is 1. The maximum absolute atomic E-state index is 6.31. The summed E-state index contributed by atoms with van der Waals surface area (Å²) in [5.41, 5.74) is 9.21. The van der Waals surface area contributed by atoms with E-state index in [0.29, 0.717) is 0 Å². The first-order chi connectivity index (χ1) is 23.3. The van der Waals surface area contributed by atoms with Gasteiger partial charge >= 0.3 is 0 Å². The van der Waals surface area contributed by atoms with E-state index < -0.39 is 0 Å². The van der Waals surface area contributed by atoms with Gasteiger partial charge < -0.3 is 4.42 Å². The smallest absolute Gasteiger partial charge is 0.136 e. The van der Waals surface area contributed by atoms with Crippen molar-refractivity contribution in [3.8, 4) is 33.4 Å². The van der Waals surface area contributed by atoms with Gasteiger partial charge in [-0.2, -0.15) is 0 Å². The Morgan fingerprint density at radius 1 is 0.298 bits per heavy atom. The Kier molecular flexibility index (Phi) is 5.64. The van der Waals surface area contributed by atoms with E-state index in [0.717, 1.165) is 21.9 Å². The van der Waals surface area contributed by atoms with Crippen LogP contribution in [0.25, 0.3) is 98.4 Å². The summed E-state index contributed by atoms with van der Waals surface area (Å²) in [7, 11) is 0. The summed E-state index contributed by atoms with van der Waals surface area (Å²) in [6.07, 6.45) is 0. The molecule has 0 unspecified atom stereocenters. The summed E-state index contributed by atoms with van der Waals surface area (Å²) in [5.74, 6) is 0. The number of benzene rings is 9. The lowest BCUT2D eigenvalue weighted by Crippen LogP contribution is -1.92. The van der Waals surface area contributed by atoms with Crippen LogP contribution in [0.3, 0.4) is 0 Å². The normalized spacial score (nSPS) is 11.8. The van der Waals surface area contributed by atoms with Gasteiger partial charge in [0.1, 0.15) is 11.2 Å². The van der Waals surface area contributed by atoms with Crippen molar-refractivity contribution in [3.63, 3.8) is 0 Å². The van der Waals surface area contributed by atoms with Crippen LogP contribution >= 0.6 is 0 Å². The van der Waals surface area contributed by atoms with E-state index in [4.69, 9.17) is 4.42 Å². The first-order valence-electron chi connectivity index (χ1n) is 16.2. The number of rotatable bonds is 3. The Bertz CT molecular complexity index is 2800. The third-order valence-electron chi connectivity index (χ3n) is 9.81. The van der Waals surface area contributed by atoms with E-state index in [1.807, 2.05) is 6.07 Å². The minimum Gasteiger partial charge on any atom is -0.456 e. The summed E-state index contributed by atoms with van der Waals surface area (Å²) in [6, 6.07) is 61.7. The van der Waals surface area contributed by atoms with Crippen LogP contribution in [0.15, 0.2) is 174 Å². The molecule has 0 amide bonds. The quantitative estimate of drug-likeness (QED) is 0.185. The number of fused-ring (bicyclic) bond motifs is 7. The van der Waals surface area contributed by atoms with Crippen LogP contribution in [-0.4, -0.2) is 0 Å². The van der Waals surface area contributed by atoms with Crippen molar-refractivity contribution in [2.45, 2.75) is 0 Å². The second-order valence-electron chi connectivity index (χ2n) is 12.4. The van der Waals surface area contributed by atoms with Crippen LogP contribution in [-0.2, 0) is 0 Å². The molecule has 0 fully saturated rings. The van der Waals surface area contributed by atoms with Gasteiger partial charge in [0, 0.05) is 10.8 Å². The van der Waals surface area contributed by atoms with E-state index in [1.54, 1.807) is 0 Å². The molecule has 0 bridgehead atoms. The maximum Gasteiger partial charge on any atom is 0.136 e. The van der Waals surface area contributed by atoms with E-state index in [2.05, 4.69) is 164 Å². The molecule has 10 rings (SSSR count). The van der Waals surface area contributed by atoms with Crippen molar-refractivity contribution in [2.24, 2.45) is 0 Å². The Labute approximate surface area is 271 Å². The zero-order valence-electron chi connectivity index (χ0n) is 25.6. The molecule has 0 aliphatic heterocycles. The topological polar surface area (TPSA) is 13.1 Å². The molecule has 0 aliphatic carbocycles. The standard InChI is InChI=1S/C46H28O/c1-2-13-30-26-32(25-24-29(30)12-1)44-36-16-5-7-18-38(36)45(39-19-8-6-17-37(39)44)41-28-33(27-31-14-3-4-15-34(31)41)35-21-11-23-43-46(35)40-20-9-10-22-42(40)47-43/h1-28H. The highest BCUT2D eigenvalue weighted by molar-refractivity contribution is 6.24. The highest BCUT2D eigenvalue weighted by Crippen LogP contribution is 2.47. The first-order valence-corrected chi connectivity index (χ1v) is 16.2. The highest BCUT2D eigenvalue weighted by atomic mass is 16.3. The largest absolute Gasteiger partial charge is 0.456 e. The number of hydrogen-bond acceptors (Lipinski definition) is 1. The average molecular weight is 597 g/mol. The van der Waals surface area contributed by atoms with Crippen molar-refractivity contribution in [1.82, 2.24) is 0 Å². The van der Waals surface area contributed by atoms with Crippen LogP contribution in [0.4, 0.5) is 0 Å². The van der Waals surface area contributed by atoms with Crippen LogP contribution in [0.2, 0.25) is 0 Å². The predicted octanol–water partition coefficient (Wildman–Crippen LogP) is 13.2. The molecular formula is C46H28O. The summed E-state index contributed by atoms with van der Waals surface area (Å²) >= 11 is 0. The van der Waals surface area contributed by atoms with E-state index in [9.17, 15) is 0 Å². The molecule has 1 heterocycles. The van der Waals surface area contributed by atoms with Gasteiger partial charge in [-0.05, 0) is 107 Å². The third-order valence-corrected chi connectivity index (χ3v) is 9.81. The fourth-order valence-electron chi connectivity index (χ4n) is 7.76. The van der Waals surface area contributed by atoms with E-state index in [1.165, 1.54) is 76.5 Å². The fourth-order valence-corrected chi connectivity index (χ4v) is 7.76. The lowest BCUT2D eigenvalue weighted by molar-refractivity contribution is 0.669. The molecule has 0 saturated carbocycles. The van der Waals surface area contributed by atoms with Crippen LogP contribution in [0.5, 0.6) is 0 Å². The molecule has 0 atom stereocenters. The second kappa shape index (κ2) is 10.2. The molecule has 1 nitrogen and oxygen atoms in total. The van der Waals surface area contributed by atoms with E-state index >= 15 is 0 Å². The van der Waals surface area contributed by atoms with Gasteiger partial charge in [-0.15, -0.1) is 0 Å². The summed E-state index contributed by atoms with van der Waals surface area (Å²) in [5, 5.41) is 12.3.